The zero-order valence-corrected chi connectivity index (χ0v) is 10.8. The fraction of sp³-hybridized carbons (Fsp3) is 0.538. The summed E-state index contributed by atoms with van der Waals surface area (Å²) >= 11 is 0. The summed E-state index contributed by atoms with van der Waals surface area (Å²) in [6, 6.07) is 3.61. The average Bonchev–Trinajstić information content (AvgIpc) is 2.39. The molecule has 0 radical (unpaired) electrons. The van der Waals surface area contributed by atoms with Gasteiger partial charge in [0.1, 0.15) is 5.82 Å². The molecule has 0 amide bonds. The van der Waals surface area contributed by atoms with Gasteiger partial charge in [0.15, 0.2) is 0 Å². The fourth-order valence-corrected chi connectivity index (χ4v) is 1.56. The van der Waals surface area contributed by atoms with Crippen LogP contribution in [-0.4, -0.2) is 35.3 Å². The lowest BCUT2D eigenvalue weighted by molar-refractivity contribution is 0.0526. The Bertz CT molecular complexity index is 365. The van der Waals surface area contributed by atoms with Crippen LogP contribution < -0.4 is 5.32 Å². The number of aliphatic hydroxyl groups excluding tert-OH is 1. The average molecular weight is 252 g/mol. The molecule has 100 valence electrons. The standard InChI is InChI=1S/C13H20N2O3/c1-3-11(7-8-16)15-12-6-5-10(9-14-12)13(17)18-4-2/h5-6,9,11,16H,3-4,7-8H2,1-2H3,(H,14,15). The molecule has 2 N–H and O–H groups in total. The van der Waals surface area contributed by atoms with Crippen molar-refractivity contribution in [3.8, 4) is 0 Å². The maximum absolute atomic E-state index is 11.4. The van der Waals surface area contributed by atoms with Crippen LogP contribution in [0.3, 0.4) is 0 Å². The second kappa shape index (κ2) is 7.66. The van der Waals surface area contributed by atoms with E-state index in [0.29, 0.717) is 24.4 Å². The highest BCUT2D eigenvalue weighted by Crippen LogP contribution is 2.10. The summed E-state index contributed by atoms with van der Waals surface area (Å²) in [7, 11) is 0. The van der Waals surface area contributed by atoms with E-state index in [2.05, 4.69) is 10.3 Å². The summed E-state index contributed by atoms with van der Waals surface area (Å²) in [5, 5.41) is 12.1. The van der Waals surface area contributed by atoms with Crippen molar-refractivity contribution in [2.45, 2.75) is 32.7 Å². The summed E-state index contributed by atoms with van der Waals surface area (Å²) in [5.74, 6) is 0.335. The Hall–Kier alpha value is -1.62. The topological polar surface area (TPSA) is 71.5 Å². The molecular weight excluding hydrogens is 232 g/mol. The molecule has 0 spiro atoms. The van der Waals surface area contributed by atoms with E-state index in [4.69, 9.17) is 9.84 Å². The summed E-state index contributed by atoms with van der Waals surface area (Å²) in [6.07, 6.45) is 3.08. The summed E-state index contributed by atoms with van der Waals surface area (Å²) in [4.78, 5) is 15.6. The Labute approximate surface area is 107 Å². The maximum Gasteiger partial charge on any atom is 0.339 e. The largest absolute Gasteiger partial charge is 0.462 e. The monoisotopic (exact) mass is 252 g/mol. The van der Waals surface area contributed by atoms with Crippen molar-refractivity contribution in [3.63, 3.8) is 0 Å². The number of aromatic nitrogens is 1. The smallest absolute Gasteiger partial charge is 0.339 e. The molecule has 0 aliphatic rings. The Morgan fingerprint density at radius 3 is 2.78 bits per heavy atom. The van der Waals surface area contributed by atoms with Gasteiger partial charge in [-0.15, -0.1) is 0 Å². The lowest BCUT2D eigenvalue weighted by Gasteiger charge is -2.16. The van der Waals surface area contributed by atoms with E-state index < -0.39 is 0 Å². The molecule has 18 heavy (non-hydrogen) atoms. The van der Waals surface area contributed by atoms with Gasteiger partial charge in [-0.05, 0) is 31.9 Å². The number of rotatable bonds is 7. The van der Waals surface area contributed by atoms with Crippen molar-refractivity contribution in [3.05, 3.63) is 23.9 Å². The number of nitrogens with zero attached hydrogens (tertiary/aromatic N) is 1. The van der Waals surface area contributed by atoms with Crippen LogP contribution >= 0.6 is 0 Å². The van der Waals surface area contributed by atoms with Crippen molar-refractivity contribution in [1.82, 2.24) is 4.98 Å². The molecule has 0 aliphatic heterocycles. The van der Waals surface area contributed by atoms with Crippen molar-refractivity contribution in [2.24, 2.45) is 0 Å². The third kappa shape index (κ3) is 4.33. The number of hydrogen-bond acceptors (Lipinski definition) is 5. The van der Waals surface area contributed by atoms with Crippen LogP contribution in [0.2, 0.25) is 0 Å². The molecule has 1 heterocycles. The van der Waals surface area contributed by atoms with Gasteiger partial charge in [0.2, 0.25) is 0 Å². The lowest BCUT2D eigenvalue weighted by Crippen LogP contribution is -2.20. The van der Waals surface area contributed by atoms with Gasteiger partial charge in [-0.2, -0.15) is 0 Å². The van der Waals surface area contributed by atoms with Crippen LogP contribution in [-0.2, 0) is 4.74 Å². The number of carbonyl (C=O) groups excluding carboxylic acids is 1. The number of hydrogen-bond donors (Lipinski definition) is 2. The Morgan fingerprint density at radius 1 is 1.50 bits per heavy atom. The van der Waals surface area contributed by atoms with Crippen molar-refractivity contribution < 1.29 is 14.6 Å². The highest BCUT2D eigenvalue weighted by Gasteiger charge is 2.09. The molecular formula is C13H20N2O3. The number of esters is 1. The van der Waals surface area contributed by atoms with E-state index in [1.165, 1.54) is 6.20 Å². The molecule has 5 heteroatoms. The van der Waals surface area contributed by atoms with E-state index in [0.717, 1.165) is 6.42 Å². The van der Waals surface area contributed by atoms with Crippen molar-refractivity contribution in [2.75, 3.05) is 18.5 Å². The second-order valence-corrected chi connectivity index (χ2v) is 3.91. The van der Waals surface area contributed by atoms with Crippen LogP contribution in [0, 0.1) is 0 Å². The minimum Gasteiger partial charge on any atom is -0.462 e. The van der Waals surface area contributed by atoms with E-state index in [1.807, 2.05) is 6.92 Å². The molecule has 5 nitrogen and oxygen atoms in total. The number of carbonyl (C=O) groups is 1. The Morgan fingerprint density at radius 2 is 2.28 bits per heavy atom. The van der Waals surface area contributed by atoms with Crippen LogP contribution in [0.4, 0.5) is 5.82 Å². The molecule has 0 saturated carbocycles. The van der Waals surface area contributed by atoms with Crippen LogP contribution in [0.25, 0.3) is 0 Å². The lowest BCUT2D eigenvalue weighted by atomic mass is 10.1. The molecule has 1 atom stereocenters. The predicted molar refractivity (Wildman–Crippen MR) is 69.6 cm³/mol. The minimum absolute atomic E-state index is 0.145. The third-order valence-electron chi connectivity index (χ3n) is 2.60. The molecule has 0 bridgehead atoms. The molecule has 1 rings (SSSR count). The maximum atomic E-state index is 11.4. The Kier molecular flexibility index (Phi) is 6.14. The zero-order chi connectivity index (χ0) is 13.4. The first-order chi connectivity index (χ1) is 8.71. The molecule has 0 aliphatic carbocycles. The number of aliphatic hydroxyl groups is 1. The first-order valence-electron chi connectivity index (χ1n) is 6.21. The second-order valence-electron chi connectivity index (χ2n) is 3.91. The predicted octanol–water partition coefficient (Wildman–Crippen LogP) is 1.83. The van der Waals surface area contributed by atoms with Crippen LogP contribution in [0.1, 0.15) is 37.0 Å². The van der Waals surface area contributed by atoms with E-state index in [9.17, 15) is 4.79 Å². The van der Waals surface area contributed by atoms with Crippen LogP contribution in [0.5, 0.6) is 0 Å². The summed E-state index contributed by atoms with van der Waals surface area (Å²) < 4.78 is 4.88. The van der Waals surface area contributed by atoms with Gasteiger partial charge < -0.3 is 15.2 Å². The highest BCUT2D eigenvalue weighted by molar-refractivity contribution is 5.89. The quantitative estimate of drug-likeness (QED) is 0.724. The van der Waals surface area contributed by atoms with Crippen molar-refractivity contribution >= 4 is 11.8 Å². The number of pyridine rings is 1. The molecule has 1 aromatic rings. The van der Waals surface area contributed by atoms with Gasteiger partial charge in [0, 0.05) is 18.8 Å². The highest BCUT2D eigenvalue weighted by atomic mass is 16.5. The molecule has 0 fully saturated rings. The zero-order valence-electron chi connectivity index (χ0n) is 10.8. The van der Waals surface area contributed by atoms with Gasteiger partial charge in [-0.1, -0.05) is 6.92 Å². The van der Waals surface area contributed by atoms with Gasteiger partial charge in [0.05, 0.1) is 12.2 Å². The fourth-order valence-electron chi connectivity index (χ4n) is 1.56. The van der Waals surface area contributed by atoms with E-state index in [-0.39, 0.29) is 18.6 Å². The van der Waals surface area contributed by atoms with E-state index in [1.54, 1.807) is 19.1 Å². The SMILES string of the molecule is CCOC(=O)c1ccc(NC(CC)CCO)nc1. The van der Waals surface area contributed by atoms with Gasteiger partial charge in [-0.3, -0.25) is 0 Å². The Balaban J connectivity index is 2.62. The minimum atomic E-state index is -0.362. The van der Waals surface area contributed by atoms with Gasteiger partial charge in [-0.25, -0.2) is 9.78 Å². The first-order valence-corrected chi connectivity index (χ1v) is 6.21. The molecule has 0 saturated heterocycles. The third-order valence-corrected chi connectivity index (χ3v) is 2.60. The number of ether oxygens (including phenoxy) is 1. The molecule has 0 aromatic carbocycles. The summed E-state index contributed by atoms with van der Waals surface area (Å²) in [6.45, 7) is 4.31. The first kappa shape index (κ1) is 14.4. The van der Waals surface area contributed by atoms with Crippen LogP contribution in [0.15, 0.2) is 18.3 Å². The normalized spacial score (nSPS) is 11.9. The molecule has 1 aromatic heterocycles. The number of anilines is 1. The number of nitrogens with one attached hydrogen (secondary N) is 1. The molecule has 1 unspecified atom stereocenters. The van der Waals surface area contributed by atoms with E-state index >= 15 is 0 Å². The van der Waals surface area contributed by atoms with Crippen molar-refractivity contribution in [1.29, 1.82) is 0 Å². The van der Waals surface area contributed by atoms with Gasteiger partial charge >= 0.3 is 5.97 Å². The van der Waals surface area contributed by atoms with Gasteiger partial charge in [0.25, 0.3) is 0 Å². The summed E-state index contributed by atoms with van der Waals surface area (Å²) in [5.41, 5.74) is 0.442.